The first kappa shape index (κ1) is 11.6. The maximum Gasteiger partial charge on any atom is 0.346 e. The van der Waals surface area contributed by atoms with E-state index in [-0.39, 0.29) is 31.1 Å². The van der Waals surface area contributed by atoms with Crippen LogP contribution in [0.4, 0.5) is 5.82 Å². The highest BCUT2D eigenvalue weighted by Gasteiger charge is 2.23. The molecule has 0 radical (unpaired) electrons. The first-order valence-corrected chi connectivity index (χ1v) is 4.40. The van der Waals surface area contributed by atoms with Crippen molar-refractivity contribution in [2.24, 2.45) is 7.05 Å². The van der Waals surface area contributed by atoms with E-state index in [4.69, 9.17) is 9.84 Å². The van der Waals surface area contributed by atoms with Crippen LogP contribution in [0.1, 0.15) is 11.5 Å². The number of hydrogen-bond acceptors (Lipinski definition) is 5. The number of ether oxygens (including phenoxy) is 1. The summed E-state index contributed by atoms with van der Waals surface area (Å²) in [5.41, 5.74) is 0.289. The van der Waals surface area contributed by atoms with E-state index in [2.05, 4.69) is 4.98 Å². The van der Waals surface area contributed by atoms with Crippen molar-refractivity contribution in [3.63, 3.8) is 0 Å². The van der Waals surface area contributed by atoms with E-state index >= 15 is 0 Å². The van der Waals surface area contributed by atoms with E-state index in [0.29, 0.717) is 5.82 Å². The van der Waals surface area contributed by atoms with Crippen molar-refractivity contribution >= 4 is 5.82 Å². The molecule has 0 aliphatic rings. The van der Waals surface area contributed by atoms with Crippen LogP contribution in [0, 0.1) is 10.1 Å². The molecule has 7 heteroatoms. The molecule has 0 fully saturated rings. The maximum atomic E-state index is 10.8. The highest BCUT2D eigenvalue weighted by molar-refractivity contribution is 5.30. The Balaban J connectivity index is 3.13. The third-order valence-electron chi connectivity index (χ3n) is 2.02. The lowest BCUT2D eigenvalue weighted by Gasteiger charge is -1.97. The molecular formula is C8H13N3O4. The summed E-state index contributed by atoms with van der Waals surface area (Å²) in [5.74, 6) is 0.392. The summed E-state index contributed by atoms with van der Waals surface area (Å²) in [6, 6.07) is 0. The lowest BCUT2D eigenvalue weighted by molar-refractivity contribution is -0.392. The third kappa shape index (κ3) is 2.31. The molecule has 1 aromatic rings. The van der Waals surface area contributed by atoms with Crippen LogP contribution in [0.25, 0.3) is 0 Å². The molecule has 0 saturated carbocycles. The fourth-order valence-corrected chi connectivity index (χ4v) is 1.36. The molecule has 0 spiro atoms. The van der Waals surface area contributed by atoms with Crippen molar-refractivity contribution in [2.45, 2.75) is 13.0 Å². The Morgan fingerprint density at radius 3 is 2.80 bits per heavy atom. The van der Waals surface area contributed by atoms with E-state index < -0.39 is 4.92 Å². The van der Waals surface area contributed by atoms with E-state index in [1.807, 2.05) is 0 Å². The van der Waals surface area contributed by atoms with Gasteiger partial charge in [0.25, 0.3) is 0 Å². The topological polar surface area (TPSA) is 90.4 Å². The second-order valence-corrected chi connectivity index (χ2v) is 3.02. The first-order chi connectivity index (χ1) is 7.11. The van der Waals surface area contributed by atoms with Crippen molar-refractivity contribution in [1.82, 2.24) is 9.55 Å². The lowest BCUT2D eigenvalue weighted by Crippen LogP contribution is -2.03. The van der Waals surface area contributed by atoms with Gasteiger partial charge in [-0.25, -0.2) is 9.55 Å². The van der Waals surface area contributed by atoms with Gasteiger partial charge >= 0.3 is 5.82 Å². The van der Waals surface area contributed by atoms with Crippen molar-refractivity contribution < 1.29 is 14.8 Å². The highest BCUT2D eigenvalue weighted by atomic mass is 16.6. The molecule has 1 heterocycles. The lowest BCUT2D eigenvalue weighted by atomic mass is 10.3. The Kier molecular flexibility index (Phi) is 3.75. The Morgan fingerprint density at radius 2 is 2.33 bits per heavy atom. The standard InChI is InChI=1S/C8H13N3O4/c1-10-7(5-15-2)9-6(3-4-12)8(10)11(13)14/h12H,3-5H2,1-2H3. The fourth-order valence-electron chi connectivity index (χ4n) is 1.36. The summed E-state index contributed by atoms with van der Waals surface area (Å²) in [7, 11) is 3.05. The summed E-state index contributed by atoms with van der Waals surface area (Å²) in [4.78, 5) is 14.3. The SMILES string of the molecule is COCc1nc(CCO)c([N+](=O)[O-])n1C. The second kappa shape index (κ2) is 4.85. The van der Waals surface area contributed by atoms with Gasteiger partial charge in [0.05, 0.1) is 7.05 Å². The molecule has 84 valence electrons. The minimum absolute atomic E-state index is 0.0869. The molecule has 1 N–H and O–H groups in total. The predicted molar refractivity (Wildman–Crippen MR) is 51.4 cm³/mol. The van der Waals surface area contributed by atoms with Gasteiger partial charge in [0, 0.05) is 20.1 Å². The monoisotopic (exact) mass is 215 g/mol. The van der Waals surface area contributed by atoms with Crippen molar-refractivity contribution in [3.8, 4) is 0 Å². The minimum Gasteiger partial charge on any atom is -0.396 e. The average Bonchev–Trinajstić information content (AvgIpc) is 2.45. The van der Waals surface area contributed by atoms with Crippen molar-refractivity contribution in [3.05, 3.63) is 21.6 Å². The van der Waals surface area contributed by atoms with Gasteiger partial charge in [-0.2, -0.15) is 0 Å². The molecule has 0 aliphatic carbocycles. The number of imidazole rings is 1. The van der Waals surface area contributed by atoms with Crippen molar-refractivity contribution in [1.29, 1.82) is 0 Å². The number of aromatic nitrogens is 2. The maximum absolute atomic E-state index is 10.8. The van der Waals surface area contributed by atoms with Crippen LogP contribution in [0.15, 0.2) is 0 Å². The van der Waals surface area contributed by atoms with E-state index in [0.717, 1.165) is 0 Å². The van der Waals surface area contributed by atoms with Crippen LogP contribution in [0.5, 0.6) is 0 Å². The van der Waals surface area contributed by atoms with Crippen LogP contribution >= 0.6 is 0 Å². The van der Waals surface area contributed by atoms with Crippen LogP contribution in [0.2, 0.25) is 0 Å². The zero-order valence-corrected chi connectivity index (χ0v) is 8.63. The van der Waals surface area contributed by atoms with Gasteiger partial charge in [-0.1, -0.05) is 0 Å². The molecule has 0 bridgehead atoms. The zero-order valence-electron chi connectivity index (χ0n) is 8.63. The minimum atomic E-state index is -0.503. The Morgan fingerprint density at radius 1 is 1.67 bits per heavy atom. The zero-order chi connectivity index (χ0) is 11.4. The molecular weight excluding hydrogens is 202 g/mol. The largest absolute Gasteiger partial charge is 0.396 e. The van der Waals surface area contributed by atoms with Gasteiger partial charge in [-0.15, -0.1) is 0 Å². The quantitative estimate of drug-likeness (QED) is 0.552. The molecule has 0 saturated heterocycles. The first-order valence-electron chi connectivity index (χ1n) is 4.40. The molecule has 0 unspecified atom stereocenters. The van der Waals surface area contributed by atoms with Crippen LogP contribution < -0.4 is 0 Å². The summed E-state index contributed by atoms with van der Waals surface area (Å²) >= 11 is 0. The average molecular weight is 215 g/mol. The predicted octanol–water partition coefficient (Wildman–Crippen LogP) is 0.00950. The molecule has 15 heavy (non-hydrogen) atoms. The molecule has 0 atom stereocenters. The Bertz CT molecular complexity index is 361. The number of nitrogens with zero attached hydrogens (tertiary/aromatic N) is 3. The molecule has 7 nitrogen and oxygen atoms in total. The normalized spacial score (nSPS) is 10.6. The van der Waals surface area contributed by atoms with Gasteiger partial charge in [-0.3, -0.25) is 0 Å². The third-order valence-corrected chi connectivity index (χ3v) is 2.02. The van der Waals surface area contributed by atoms with Crippen LogP contribution in [0.3, 0.4) is 0 Å². The van der Waals surface area contributed by atoms with E-state index in [1.54, 1.807) is 7.05 Å². The van der Waals surface area contributed by atoms with E-state index in [1.165, 1.54) is 11.7 Å². The summed E-state index contributed by atoms with van der Waals surface area (Å²) < 4.78 is 6.24. The number of methoxy groups -OCH3 is 1. The molecule has 1 aromatic heterocycles. The fraction of sp³-hybridized carbons (Fsp3) is 0.625. The van der Waals surface area contributed by atoms with Crippen LogP contribution in [-0.4, -0.2) is 33.3 Å². The smallest absolute Gasteiger partial charge is 0.346 e. The molecule has 0 aromatic carbocycles. The second-order valence-electron chi connectivity index (χ2n) is 3.02. The van der Waals surface area contributed by atoms with Gasteiger partial charge in [0.1, 0.15) is 12.3 Å². The number of rotatable bonds is 5. The number of aliphatic hydroxyl groups excluding tert-OH is 1. The highest BCUT2D eigenvalue weighted by Crippen LogP contribution is 2.19. The van der Waals surface area contributed by atoms with E-state index in [9.17, 15) is 10.1 Å². The summed E-state index contributed by atoms with van der Waals surface area (Å²) in [5, 5.41) is 19.5. The molecule has 0 amide bonds. The van der Waals surface area contributed by atoms with Gasteiger partial charge < -0.3 is 20.0 Å². The van der Waals surface area contributed by atoms with Gasteiger partial charge in [0.2, 0.25) is 5.82 Å². The molecule has 0 aliphatic heterocycles. The van der Waals surface area contributed by atoms with Gasteiger partial charge in [-0.05, 0) is 4.92 Å². The van der Waals surface area contributed by atoms with Crippen molar-refractivity contribution in [2.75, 3.05) is 13.7 Å². The number of aliphatic hydroxyl groups is 1. The number of nitro groups is 1. The van der Waals surface area contributed by atoms with Crippen LogP contribution in [-0.2, 0) is 24.8 Å². The Labute approximate surface area is 86.5 Å². The summed E-state index contributed by atoms with van der Waals surface area (Å²) in [6.07, 6.45) is 0.174. The van der Waals surface area contributed by atoms with Gasteiger partial charge in [0.15, 0.2) is 0 Å². The number of hydrogen-bond donors (Lipinski definition) is 1. The molecule has 1 rings (SSSR count). The Hall–Kier alpha value is -1.47. The summed E-state index contributed by atoms with van der Waals surface area (Å²) in [6.45, 7) is 0.0487.